The molecule has 6 heteroatoms. The van der Waals surface area contributed by atoms with E-state index in [4.69, 9.17) is 11.6 Å². The minimum absolute atomic E-state index is 0.606. The maximum Gasteiger partial charge on any atom is 0.172 e. The van der Waals surface area contributed by atoms with E-state index in [2.05, 4.69) is 30.9 Å². The topological polar surface area (TPSA) is 41.6 Å². The van der Waals surface area contributed by atoms with Crippen LogP contribution in [0.3, 0.4) is 0 Å². The second kappa shape index (κ2) is 4.91. The van der Waals surface area contributed by atoms with Crippen LogP contribution < -0.4 is 0 Å². The molecule has 1 aromatic carbocycles. The Labute approximate surface area is 121 Å². The monoisotopic (exact) mass is 339 g/mol. The first kappa shape index (κ1) is 12.0. The van der Waals surface area contributed by atoms with Gasteiger partial charge in [0.2, 0.25) is 0 Å². The molecule has 0 unspecified atom stereocenters. The molecule has 0 radical (unpaired) electrons. The number of halogens is 2. The summed E-state index contributed by atoms with van der Waals surface area (Å²) in [7, 11) is 0. The lowest BCUT2D eigenvalue weighted by molar-refractivity contribution is 1.05. The van der Waals surface area contributed by atoms with E-state index in [-0.39, 0.29) is 0 Å². The van der Waals surface area contributed by atoms with Crippen LogP contribution in [0.25, 0.3) is 11.0 Å². The highest BCUT2D eigenvalue weighted by Gasteiger charge is 2.08. The molecule has 18 heavy (non-hydrogen) atoms. The highest BCUT2D eigenvalue weighted by Crippen LogP contribution is 2.32. The van der Waals surface area contributed by atoms with E-state index >= 15 is 0 Å². The van der Waals surface area contributed by atoms with Crippen molar-refractivity contribution >= 4 is 50.3 Å². The molecule has 0 saturated carbocycles. The fourth-order valence-corrected chi connectivity index (χ4v) is 3.04. The van der Waals surface area contributed by atoms with Crippen molar-refractivity contribution in [3.63, 3.8) is 0 Å². The number of para-hydroxylation sites is 2. The number of aromatic amines is 1. The Morgan fingerprint density at radius 1 is 1.28 bits per heavy atom. The van der Waals surface area contributed by atoms with Crippen molar-refractivity contribution in [3.8, 4) is 0 Å². The summed E-state index contributed by atoms with van der Waals surface area (Å²) in [6, 6.07) is 9.71. The fraction of sp³-hybridized carbons (Fsp3) is 0. The van der Waals surface area contributed by atoms with E-state index in [0.29, 0.717) is 5.02 Å². The number of aromatic nitrogens is 3. The number of rotatable bonds is 2. The molecular formula is C12H7BrClN3S. The molecule has 3 nitrogen and oxygen atoms in total. The van der Waals surface area contributed by atoms with Gasteiger partial charge in [-0.15, -0.1) is 0 Å². The summed E-state index contributed by atoms with van der Waals surface area (Å²) >= 11 is 10.9. The maximum atomic E-state index is 6.12. The van der Waals surface area contributed by atoms with Gasteiger partial charge in [0.15, 0.2) is 5.16 Å². The molecular weight excluding hydrogens is 334 g/mol. The maximum absolute atomic E-state index is 6.12. The normalized spacial score (nSPS) is 11.0. The zero-order chi connectivity index (χ0) is 12.5. The van der Waals surface area contributed by atoms with Crippen molar-refractivity contribution in [2.24, 2.45) is 0 Å². The molecule has 0 amide bonds. The van der Waals surface area contributed by atoms with Crippen molar-refractivity contribution in [2.75, 3.05) is 0 Å². The number of hydrogen-bond donors (Lipinski definition) is 1. The van der Waals surface area contributed by atoms with Gasteiger partial charge in [-0.05, 0) is 45.9 Å². The number of hydrogen-bond acceptors (Lipinski definition) is 3. The Hall–Kier alpha value is -1.04. The smallest absolute Gasteiger partial charge is 0.172 e. The van der Waals surface area contributed by atoms with Crippen LogP contribution in [-0.2, 0) is 0 Å². The molecule has 0 atom stereocenters. The average molecular weight is 341 g/mol. The standard InChI is InChI=1S/C12H7BrClN3S/c13-7-5-8(14)11(15-6-7)18-12-16-9-3-1-2-4-10(9)17-12/h1-6H,(H,16,17). The number of benzene rings is 1. The Bertz CT molecular complexity index is 680. The third kappa shape index (κ3) is 2.39. The lowest BCUT2D eigenvalue weighted by atomic mass is 10.3. The van der Waals surface area contributed by atoms with Crippen LogP contribution in [0.4, 0.5) is 0 Å². The summed E-state index contributed by atoms with van der Waals surface area (Å²) in [6.45, 7) is 0. The third-order valence-electron chi connectivity index (χ3n) is 2.34. The van der Waals surface area contributed by atoms with Crippen LogP contribution in [0.1, 0.15) is 0 Å². The van der Waals surface area contributed by atoms with Gasteiger partial charge in [0.05, 0.1) is 16.1 Å². The van der Waals surface area contributed by atoms with Gasteiger partial charge < -0.3 is 4.98 Å². The van der Waals surface area contributed by atoms with E-state index < -0.39 is 0 Å². The molecule has 3 aromatic rings. The quantitative estimate of drug-likeness (QED) is 0.745. The molecule has 0 aliphatic heterocycles. The van der Waals surface area contributed by atoms with Crippen molar-refractivity contribution in [1.82, 2.24) is 15.0 Å². The van der Waals surface area contributed by atoms with Gasteiger partial charge in [-0.25, -0.2) is 9.97 Å². The van der Waals surface area contributed by atoms with E-state index in [1.807, 2.05) is 30.3 Å². The second-order valence-corrected chi connectivity index (χ2v) is 5.90. The zero-order valence-corrected chi connectivity index (χ0v) is 12.2. The predicted octanol–water partition coefficient (Wildman–Crippen LogP) is 4.53. The van der Waals surface area contributed by atoms with E-state index in [1.165, 1.54) is 11.8 Å². The van der Waals surface area contributed by atoms with E-state index in [9.17, 15) is 0 Å². The van der Waals surface area contributed by atoms with Crippen molar-refractivity contribution in [2.45, 2.75) is 10.2 Å². The molecule has 0 aliphatic rings. The molecule has 0 saturated heterocycles. The molecule has 0 spiro atoms. The second-order valence-electron chi connectivity index (χ2n) is 3.60. The Morgan fingerprint density at radius 2 is 2.11 bits per heavy atom. The Kier molecular flexibility index (Phi) is 3.28. The Balaban J connectivity index is 1.96. The first-order valence-electron chi connectivity index (χ1n) is 5.16. The summed E-state index contributed by atoms with van der Waals surface area (Å²) in [5.74, 6) is 0. The van der Waals surface area contributed by atoms with Crippen molar-refractivity contribution in [3.05, 3.63) is 46.0 Å². The molecule has 0 fully saturated rings. The van der Waals surface area contributed by atoms with E-state index in [1.54, 1.807) is 6.20 Å². The number of nitrogens with one attached hydrogen (secondary N) is 1. The minimum atomic E-state index is 0.606. The van der Waals surface area contributed by atoms with Crippen LogP contribution in [-0.4, -0.2) is 15.0 Å². The lowest BCUT2D eigenvalue weighted by Crippen LogP contribution is -1.83. The van der Waals surface area contributed by atoms with E-state index in [0.717, 1.165) is 25.7 Å². The van der Waals surface area contributed by atoms with Crippen LogP contribution in [0, 0.1) is 0 Å². The summed E-state index contributed by atoms with van der Waals surface area (Å²) < 4.78 is 0.862. The molecule has 3 rings (SSSR count). The zero-order valence-electron chi connectivity index (χ0n) is 9.02. The Morgan fingerprint density at radius 3 is 2.89 bits per heavy atom. The van der Waals surface area contributed by atoms with Gasteiger partial charge in [-0.3, -0.25) is 0 Å². The van der Waals surface area contributed by atoms with Crippen LogP contribution in [0.2, 0.25) is 5.02 Å². The summed E-state index contributed by atoms with van der Waals surface area (Å²) in [4.78, 5) is 12.0. The first-order valence-corrected chi connectivity index (χ1v) is 7.15. The van der Waals surface area contributed by atoms with Crippen LogP contribution in [0.5, 0.6) is 0 Å². The minimum Gasteiger partial charge on any atom is -0.333 e. The van der Waals surface area contributed by atoms with Crippen molar-refractivity contribution < 1.29 is 0 Å². The number of H-pyrrole nitrogens is 1. The van der Waals surface area contributed by atoms with Gasteiger partial charge in [-0.1, -0.05) is 23.7 Å². The summed E-state index contributed by atoms with van der Waals surface area (Å²) in [5, 5.41) is 2.13. The number of nitrogens with zero attached hydrogens (tertiary/aromatic N) is 2. The molecule has 90 valence electrons. The number of imidazole rings is 1. The fourth-order valence-electron chi connectivity index (χ4n) is 1.55. The summed E-state index contributed by atoms with van der Waals surface area (Å²) in [6.07, 6.45) is 1.72. The van der Waals surface area contributed by atoms with Gasteiger partial charge in [0, 0.05) is 10.7 Å². The molecule has 0 bridgehead atoms. The van der Waals surface area contributed by atoms with Gasteiger partial charge >= 0.3 is 0 Å². The SMILES string of the molecule is Clc1cc(Br)cnc1Sc1nc2ccccc2[nH]1. The first-order chi connectivity index (χ1) is 8.72. The highest BCUT2D eigenvalue weighted by molar-refractivity contribution is 9.10. The molecule has 2 heterocycles. The van der Waals surface area contributed by atoms with Crippen molar-refractivity contribution in [1.29, 1.82) is 0 Å². The van der Waals surface area contributed by atoms with Gasteiger partial charge in [0.1, 0.15) is 5.03 Å². The predicted molar refractivity (Wildman–Crippen MR) is 77.2 cm³/mol. The molecule has 1 N–H and O–H groups in total. The average Bonchev–Trinajstić information content (AvgIpc) is 2.75. The highest BCUT2D eigenvalue weighted by atomic mass is 79.9. The largest absolute Gasteiger partial charge is 0.333 e. The number of pyridine rings is 1. The van der Waals surface area contributed by atoms with Crippen LogP contribution >= 0.6 is 39.3 Å². The molecule has 0 aliphatic carbocycles. The number of fused-ring (bicyclic) bond motifs is 1. The van der Waals surface area contributed by atoms with Gasteiger partial charge in [-0.2, -0.15) is 0 Å². The lowest BCUT2D eigenvalue weighted by Gasteiger charge is -2.00. The third-order valence-corrected chi connectivity index (χ3v) is 4.07. The van der Waals surface area contributed by atoms with Crippen LogP contribution in [0.15, 0.2) is 51.2 Å². The van der Waals surface area contributed by atoms with Gasteiger partial charge in [0.25, 0.3) is 0 Å². The molecule has 2 aromatic heterocycles. The summed E-state index contributed by atoms with van der Waals surface area (Å²) in [5.41, 5.74) is 1.95.